The molecule has 1 aliphatic rings. The van der Waals surface area contributed by atoms with Gasteiger partial charge < -0.3 is 5.32 Å². The number of aryl methyl sites for hydroxylation is 2. The van der Waals surface area contributed by atoms with Crippen LogP contribution in [0.3, 0.4) is 0 Å². The van der Waals surface area contributed by atoms with E-state index in [0.29, 0.717) is 16.8 Å². The number of nitrogens with one attached hydrogen (secondary N) is 1. The number of anilines is 1. The zero-order chi connectivity index (χ0) is 20.6. The summed E-state index contributed by atoms with van der Waals surface area (Å²) in [4.78, 5) is 12.9. The Labute approximate surface area is 167 Å². The Hall–Kier alpha value is -3.08. The number of halogens is 3. The first-order valence-corrected chi connectivity index (χ1v) is 9.53. The summed E-state index contributed by atoms with van der Waals surface area (Å²) in [6.45, 7) is 0.819. The lowest BCUT2D eigenvalue weighted by atomic mass is 9.97. The Balaban J connectivity index is 1.65. The quantitative estimate of drug-likeness (QED) is 0.548. The second-order valence-corrected chi connectivity index (χ2v) is 7.45. The summed E-state index contributed by atoms with van der Waals surface area (Å²) in [6.07, 6.45) is 3.16. The van der Waals surface area contributed by atoms with Crippen LogP contribution in [-0.4, -0.2) is 5.91 Å². The smallest absolute Gasteiger partial charge is 0.270 e. The van der Waals surface area contributed by atoms with Crippen LogP contribution in [0, 0.1) is 5.82 Å². The standard InChI is InChI=1S/C24H20F3NO/c1-24(26,27)18-8-5-16(6-9-18)22-14-19(25)10-12-21(22)23(29)28-20-11-7-15-3-2-4-17(15)13-20/h5-14H,2-4H2,1H3,(H,28,29). The van der Waals surface area contributed by atoms with E-state index in [-0.39, 0.29) is 17.0 Å². The molecule has 0 atom stereocenters. The minimum absolute atomic E-state index is 0.137. The number of amides is 1. The van der Waals surface area contributed by atoms with Crippen LogP contribution in [0.5, 0.6) is 0 Å². The first-order chi connectivity index (χ1) is 13.8. The van der Waals surface area contributed by atoms with Crippen molar-refractivity contribution in [1.82, 2.24) is 0 Å². The zero-order valence-electron chi connectivity index (χ0n) is 15.9. The number of carbonyl (C=O) groups is 1. The molecule has 4 rings (SSSR count). The van der Waals surface area contributed by atoms with Crippen molar-refractivity contribution in [2.24, 2.45) is 0 Å². The summed E-state index contributed by atoms with van der Waals surface area (Å²) in [7, 11) is 0. The number of alkyl halides is 2. The van der Waals surface area contributed by atoms with E-state index in [4.69, 9.17) is 0 Å². The van der Waals surface area contributed by atoms with E-state index < -0.39 is 11.7 Å². The van der Waals surface area contributed by atoms with E-state index in [1.807, 2.05) is 18.2 Å². The molecule has 0 saturated heterocycles. The summed E-state index contributed by atoms with van der Waals surface area (Å²) >= 11 is 0. The average molecular weight is 395 g/mol. The molecule has 3 aromatic rings. The fourth-order valence-corrected chi connectivity index (χ4v) is 3.74. The van der Waals surface area contributed by atoms with E-state index in [0.717, 1.165) is 26.2 Å². The summed E-state index contributed by atoms with van der Waals surface area (Å²) < 4.78 is 40.8. The van der Waals surface area contributed by atoms with Crippen LogP contribution in [0.25, 0.3) is 11.1 Å². The topological polar surface area (TPSA) is 29.1 Å². The van der Waals surface area contributed by atoms with E-state index in [2.05, 4.69) is 5.32 Å². The maximum atomic E-state index is 13.9. The van der Waals surface area contributed by atoms with E-state index in [1.54, 1.807) is 0 Å². The lowest BCUT2D eigenvalue weighted by Crippen LogP contribution is -2.13. The summed E-state index contributed by atoms with van der Waals surface area (Å²) in [5.74, 6) is -3.84. The van der Waals surface area contributed by atoms with Crippen LogP contribution >= 0.6 is 0 Å². The van der Waals surface area contributed by atoms with Crippen molar-refractivity contribution >= 4 is 11.6 Å². The van der Waals surface area contributed by atoms with Crippen molar-refractivity contribution in [3.63, 3.8) is 0 Å². The molecule has 1 aliphatic carbocycles. The number of rotatable bonds is 4. The molecule has 0 unspecified atom stereocenters. The molecule has 3 aromatic carbocycles. The van der Waals surface area contributed by atoms with Gasteiger partial charge in [-0.05, 0) is 71.8 Å². The van der Waals surface area contributed by atoms with Crippen molar-refractivity contribution in [3.8, 4) is 11.1 Å². The minimum atomic E-state index is -2.96. The Morgan fingerprint density at radius 3 is 2.38 bits per heavy atom. The molecule has 1 N–H and O–H groups in total. The minimum Gasteiger partial charge on any atom is -0.322 e. The molecule has 0 radical (unpaired) electrons. The molecule has 2 nitrogen and oxygen atoms in total. The third kappa shape index (κ3) is 4.04. The predicted molar refractivity (Wildman–Crippen MR) is 108 cm³/mol. The maximum Gasteiger partial charge on any atom is 0.270 e. The third-order valence-electron chi connectivity index (χ3n) is 5.29. The summed E-state index contributed by atoms with van der Waals surface area (Å²) in [6, 6.07) is 15.3. The van der Waals surface area contributed by atoms with Crippen LogP contribution in [-0.2, 0) is 18.8 Å². The molecular weight excluding hydrogens is 375 g/mol. The maximum absolute atomic E-state index is 13.9. The molecule has 0 aliphatic heterocycles. The molecule has 0 aromatic heterocycles. The normalized spacial score (nSPS) is 13.2. The first kappa shape index (κ1) is 19.2. The second kappa shape index (κ2) is 7.39. The fraction of sp³-hybridized carbons (Fsp3) is 0.208. The van der Waals surface area contributed by atoms with Gasteiger partial charge in [-0.3, -0.25) is 4.79 Å². The third-order valence-corrected chi connectivity index (χ3v) is 5.29. The highest BCUT2D eigenvalue weighted by Gasteiger charge is 2.24. The molecule has 0 saturated carbocycles. The zero-order valence-corrected chi connectivity index (χ0v) is 15.9. The second-order valence-electron chi connectivity index (χ2n) is 7.45. The van der Waals surface area contributed by atoms with Gasteiger partial charge in [0.1, 0.15) is 5.82 Å². The van der Waals surface area contributed by atoms with Gasteiger partial charge in [-0.1, -0.05) is 30.3 Å². The monoisotopic (exact) mass is 395 g/mol. The van der Waals surface area contributed by atoms with E-state index in [1.165, 1.54) is 53.6 Å². The number of carbonyl (C=O) groups excluding carboxylic acids is 1. The van der Waals surface area contributed by atoms with Gasteiger partial charge in [0.2, 0.25) is 0 Å². The molecular formula is C24H20F3NO. The van der Waals surface area contributed by atoms with Crippen molar-refractivity contribution in [2.75, 3.05) is 5.32 Å². The van der Waals surface area contributed by atoms with Crippen molar-refractivity contribution in [1.29, 1.82) is 0 Å². The number of benzene rings is 3. The number of hydrogen-bond acceptors (Lipinski definition) is 1. The molecule has 0 heterocycles. The fourth-order valence-electron chi connectivity index (χ4n) is 3.74. The molecule has 0 spiro atoms. The highest BCUT2D eigenvalue weighted by Crippen LogP contribution is 2.31. The van der Waals surface area contributed by atoms with Gasteiger partial charge in [0.15, 0.2) is 0 Å². The Morgan fingerprint density at radius 1 is 0.931 bits per heavy atom. The van der Waals surface area contributed by atoms with Gasteiger partial charge in [-0.25, -0.2) is 13.2 Å². The van der Waals surface area contributed by atoms with E-state index >= 15 is 0 Å². The van der Waals surface area contributed by atoms with Gasteiger partial charge >= 0.3 is 0 Å². The van der Waals surface area contributed by atoms with Crippen molar-refractivity contribution in [3.05, 3.63) is 88.7 Å². The molecule has 0 bridgehead atoms. The van der Waals surface area contributed by atoms with Crippen LogP contribution in [0.1, 0.15) is 40.4 Å². The largest absolute Gasteiger partial charge is 0.322 e. The van der Waals surface area contributed by atoms with Gasteiger partial charge in [-0.2, -0.15) is 0 Å². The Kier molecular flexibility index (Phi) is 4.91. The van der Waals surface area contributed by atoms with Crippen LogP contribution < -0.4 is 5.32 Å². The first-order valence-electron chi connectivity index (χ1n) is 9.53. The van der Waals surface area contributed by atoms with Gasteiger partial charge in [0.25, 0.3) is 11.8 Å². The molecule has 5 heteroatoms. The lowest BCUT2D eigenvalue weighted by molar-refractivity contribution is 0.0175. The van der Waals surface area contributed by atoms with Crippen LogP contribution in [0.2, 0.25) is 0 Å². The van der Waals surface area contributed by atoms with Crippen LogP contribution in [0.15, 0.2) is 60.7 Å². The molecule has 1 amide bonds. The van der Waals surface area contributed by atoms with Crippen molar-refractivity contribution < 1.29 is 18.0 Å². The highest BCUT2D eigenvalue weighted by atomic mass is 19.3. The summed E-state index contributed by atoms with van der Waals surface area (Å²) in [5, 5.41) is 2.87. The Morgan fingerprint density at radius 2 is 1.66 bits per heavy atom. The highest BCUT2D eigenvalue weighted by molar-refractivity contribution is 6.08. The molecule has 0 fully saturated rings. The SMILES string of the molecule is CC(F)(F)c1ccc(-c2cc(F)ccc2C(=O)Nc2ccc3c(c2)CCC3)cc1. The predicted octanol–water partition coefficient (Wildman–Crippen LogP) is 6.35. The number of fused-ring (bicyclic) bond motifs is 1. The summed E-state index contributed by atoms with van der Waals surface area (Å²) in [5.41, 5.74) is 4.22. The van der Waals surface area contributed by atoms with E-state index in [9.17, 15) is 18.0 Å². The van der Waals surface area contributed by atoms with Gasteiger partial charge in [0, 0.05) is 23.7 Å². The van der Waals surface area contributed by atoms with Gasteiger partial charge in [0.05, 0.1) is 0 Å². The van der Waals surface area contributed by atoms with Crippen molar-refractivity contribution in [2.45, 2.75) is 32.1 Å². The molecule has 29 heavy (non-hydrogen) atoms. The van der Waals surface area contributed by atoms with Crippen LogP contribution in [0.4, 0.5) is 18.9 Å². The molecule has 148 valence electrons. The lowest BCUT2D eigenvalue weighted by Gasteiger charge is -2.14. The average Bonchev–Trinajstić information content (AvgIpc) is 3.15. The van der Waals surface area contributed by atoms with Gasteiger partial charge in [-0.15, -0.1) is 0 Å². The Bertz CT molecular complexity index is 1070. The number of hydrogen-bond donors (Lipinski definition) is 1.